The number of aryl methyl sites for hydroxylation is 1. The van der Waals surface area contributed by atoms with Gasteiger partial charge in [0.1, 0.15) is 5.82 Å². The number of carbonyl (C=O) groups excluding carboxylic acids is 1. The van der Waals surface area contributed by atoms with Crippen LogP contribution in [-0.2, 0) is 17.7 Å². The van der Waals surface area contributed by atoms with Gasteiger partial charge in [0.15, 0.2) is 11.2 Å². The van der Waals surface area contributed by atoms with Crippen molar-refractivity contribution in [1.82, 2.24) is 14.5 Å². The number of rotatable bonds is 9. The summed E-state index contributed by atoms with van der Waals surface area (Å²) in [6.07, 6.45) is 9.06. The van der Waals surface area contributed by atoms with E-state index in [1.54, 1.807) is 25.7 Å². The lowest BCUT2D eigenvalue weighted by molar-refractivity contribution is 0.0612. The third-order valence-corrected chi connectivity index (χ3v) is 8.38. The van der Waals surface area contributed by atoms with E-state index in [1.165, 1.54) is 0 Å². The van der Waals surface area contributed by atoms with Crippen LogP contribution in [0.15, 0.2) is 96.3 Å². The zero-order chi connectivity index (χ0) is 31.3. The Kier molecular flexibility index (Phi) is 8.84. The molecular formula is C37H36N4O4. The van der Waals surface area contributed by atoms with E-state index in [0.29, 0.717) is 23.2 Å². The number of nitrogens with zero attached hydrogens (tertiary/aromatic N) is 3. The second-order valence-corrected chi connectivity index (χ2v) is 11.6. The molecule has 0 saturated carbocycles. The maximum atomic E-state index is 13.7. The number of nitrogen functional groups attached to an aromatic ring is 1. The lowest BCUT2D eigenvalue weighted by Crippen LogP contribution is -2.25. The molecule has 3 aromatic heterocycles. The summed E-state index contributed by atoms with van der Waals surface area (Å²) < 4.78 is 12.8. The molecule has 0 bridgehead atoms. The van der Waals surface area contributed by atoms with Gasteiger partial charge in [-0.15, -0.1) is 0 Å². The lowest BCUT2D eigenvalue weighted by atomic mass is 9.96. The summed E-state index contributed by atoms with van der Waals surface area (Å²) in [5, 5.41) is 0. The van der Waals surface area contributed by atoms with Crippen LogP contribution in [0.4, 0.5) is 5.82 Å². The van der Waals surface area contributed by atoms with Gasteiger partial charge in [-0.25, -0.2) is 9.97 Å². The number of aromatic nitrogens is 3. The zero-order valence-electron chi connectivity index (χ0n) is 25.5. The molecule has 4 heterocycles. The average Bonchev–Trinajstić information content (AvgIpc) is 3.07. The minimum absolute atomic E-state index is 0.106. The van der Waals surface area contributed by atoms with E-state index in [-0.39, 0.29) is 23.2 Å². The van der Waals surface area contributed by atoms with Crippen molar-refractivity contribution in [2.45, 2.75) is 32.7 Å². The number of ketones is 1. The molecule has 0 unspecified atom stereocenters. The molecule has 1 aliphatic heterocycles. The van der Waals surface area contributed by atoms with Crippen LogP contribution in [0.1, 0.15) is 34.3 Å². The molecule has 1 saturated heterocycles. The van der Waals surface area contributed by atoms with Crippen molar-refractivity contribution in [2.75, 3.05) is 26.1 Å². The largest absolute Gasteiger partial charge is 0.481 e. The molecule has 228 valence electrons. The number of hydrogen-bond donors (Lipinski definition) is 1. The molecule has 0 spiro atoms. The maximum absolute atomic E-state index is 13.7. The van der Waals surface area contributed by atoms with Crippen LogP contribution in [0.5, 0.6) is 5.88 Å². The first kappa shape index (κ1) is 30.0. The highest BCUT2D eigenvalue weighted by Crippen LogP contribution is 2.31. The van der Waals surface area contributed by atoms with Crippen molar-refractivity contribution in [2.24, 2.45) is 5.92 Å². The molecule has 5 aromatic rings. The SMILES string of the molecule is COc1cc(-c2cnc(N)c(-c3ccc(CC(=O)c4cn(CC5CCOCC5)cc(-c5ccc(C)cc5)c4=O)cc3)c2)ccn1. The summed E-state index contributed by atoms with van der Waals surface area (Å²) in [5.41, 5.74) is 12.9. The van der Waals surface area contributed by atoms with Crippen LogP contribution in [-0.4, -0.2) is 40.6 Å². The maximum Gasteiger partial charge on any atom is 0.213 e. The van der Waals surface area contributed by atoms with Crippen molar-refractivity contribution in [3.63, 3.8) is 0 Å². The van der Waals surface area contributed by atoms with Gasteiger partial charge < -0.3 is 19.8 Å². The van der Waals surface area contributed by atoms with Gasteiger partial charge >= 0.3 is 0 Å². The molecule has 1 aliphatic rings. The number of nitrogens with two attached hydrogens (primary N) is 1. The number of pyridine rings is 3. The van der Waals surface area contributed by atoms with Crippen molar-refractivity contribution >= 4 is 11.6 Å². The zero-order valence-corrected chi connectivity index (χ0v) is 25.5. The lowest BCUT2D eigenvalue weighted by Gasteiger charge is -2.23. The second-order valence-electron chi connectivity index (χ2n) is 11.6. The number of anilines is 1. The van der Waals surface area contributed by atoms with Gasteiger partial charge in [0, 0.05) is 73.7 Å². The standard InChI is InChI=1S/C37H36N4O4/c1-24-3-7-28(8-4-24)32-22-41(21-26-12-15-45-16-13-26)23-33(36(32)43)34(42)17-25-5-9-27(10-6-25)31-18-30(20-40-37(31)38)29-11-14-39-35(19-29)44-2/h3-11,14,18-20,22-23,26H,12-13,15-17,21H2,1-2H3,(H2,38,40). The van der Waals surface area contributed by atoms with E-state index >= 15 is 0 Å². The Labute approximate surface area is 262 Å². The van der Waals surface area contributed by atoms with Crippen molar-refractivity contribution < 1.29 is 14.3 Å². The normalized spacial score (nSPS) is 13.5. The monoisotopic (exact) mass is 600 g/mol. The van der Waals surface area contributed by atoms with Crippen LogP contribution in [0.3, 0.4) is 0 Å². The minimum atomic E-state index is -0.243. The number of methoxy groups -OCH3 is 1. The molecule has 45 heavy (non-hydrogen) atoms. The fraction of sp³-hybridized carbons (Fsp3) is 0.243. The van der Waals surface area contributed by atoms with Crippen LogP contribution in [0, 0.1) is 12.8 Å². The molecule has 1 fully saturated rings. The highest BCUT2D eigenvalue weighted by atomic mass is 16.5. The summed E-state index contributed by atoms with van der Waals surface area (Å²) in [6, 6.07) is 21.2. The number of Topliss-reactive ketones (excluding diaryl/α,β-unsaturated/α-hetero) is 1. The van der Waals surface area contributed by atoms with Gasteiger partial charge in [0.2, 0.25) is 5.88 Å². The highest BCUT2D eigenvalue weighted by molar-refractivity contribution is 5.98. The van der Waals surface area contributed by atoms with Crippen LogP contribution >= 0.6 is 0 Å². The number of ether oxygens (including phenoxy) is 2. The summed E-state index contributed by atoms with van der Waals surface area (Å²) >= 11 is 0. The molecular weight excluding hydrogens is 564 g/mol. The smallest absolute Gasteiger partial charge is 0.213 e. The highest BCUT2D eigenvalue weighted by Gasteiger charge is 2.20. The molecule has 6 rings (SSSR count). The summed E-state index contributed by atoms with van der Waals surface area (Å²) in [7, 11) is 1.58. The summed E-state index contributed by atoms with van der Waals surface area (Å²) in [5.74, 6) is 1.14. The Morgan fingerprint density at radius 3 is 2.36 bits per heavy atom. The van der Waals surface area contributed by atoms with E-state index in [2.05, 4.69) is 9.97 Å². The van der Waals surface area contributed by atoms with E-state index in [0.717, 1.165) is 71.5 Å². The second kappa shape index (κ2) is 13.3. The van der Waals surface area contributed by atoms with E-state index in [9.17, 15) is 9.59 Å². The fourth-order valence-corrected chi connectivity index (χ4v) is 5.75. The first-order valence-electron chi connectivity index (χ1n) is 15.2. The van der Waals surface area contributed by atoms with Crippen LogP contribution in [0.2, 0.25) is 0 Å². The van der Waals surface area contributed by atoms with Gasteiger partial charge in [0.25, 0.3) is 0 Å². The molecule has 8 heteroatoms. The van der Waals surface area contributed by atoms with E-state index < -0.39 is 0 Å². The van der Waals surface area contributed by atoms with Gasteiger partial charge in [-0.05, 0) is 60.1 Å². The molecule has 0 aliphatic carbocycles. The van der Waals surface area contributed by atoms with Crippen molar-refractivity contribution in [1.29, 1.82) is 0 Å². The molecule has 8 nitrogen and oxygen atoms in total. The number of hydrogen-bond acceptors (Lipinski definition) is 7. The van der Waals surface area contributed by atoms with E-state index in [4.69, 9.17) is 15.2 Å². The van der Waals surface area contributed by atoms with E-state index in [1.807, 2.05) is 84.4 Å². The minimum Gasteiger partial charge on any atom is -0.481 e. The van der Waals surface area contributed by atoms with Crippen LogP contribution < -0.4 is 15.9 Å². The Balaban J connectivity index is 1.27. The van der Waals surface area contributed by atoms with Gasteiger partial charge in [-0.1, -0.05) is 54.1 Å². The van der Waals surface area contributed by atoms with Crippen molar-refractivity contribution in [3.8, 4) is 39.3 Å². The molecule has 0 atom stereocenters. The third-order valence-electron chi connectivity index (χ3n) is 8.38. The van der Waals surface area contributed by atoms with Gasteiger partial charge in [-0.2, -0.15) is 0 Å². The van der Waals surface area contributed by atoms with Gasteiger partial charge in [-0.3, -0.25) is 9.59 Å². The first-order valence-corrected chi connectivity index (χ1v) is 15.2. The number of benzene rings is 2. The average molecular weight is 601 g/mol. The van der Waals surface area contributed by atoms with Crippen molar-refractivity contribution in [3.05, 3.63) is 118 Å². The van der Waals surface area contributed by atoms with Crippen LogP contribution in [0.25, 0.3) is 33.4 Å². The topological polar surface area (TPSA) is 109 Å². The third kappa shape index (κ3) is 6.86. The Morgan fingerprint density at radius 2 is 1.62 bits per heavy atom. The Bertz CT molecular complexity index is 1880. The predicted molar refractivity (Wildman–Crippen MR) is 176 cm³/mol. The summed E-state index contributed by atoms with van der Waals surface area (Å²) in [4.78, 5) is 36.0. The molecule has 2 N–H and O–H groups in total. The van der Waals surface area contributed by atoms with Gasteiger partial charge in [0.05, 0.1) is 12.7 Å². The Hall–Kier alpha value is -5.08. The first-order chi connectivity index (χ1) is 21.9. The Morgan fingerprint density at radius 1 is 0.911 bits per heavy atom. The fourth-order valence-electron chi connectivity index (χ4n) is 5.75. The predicted octanol–water partition coefficient (Wildman–Crippen LogP) is 6.39. The molecule has 0 radical (unpaired) electrons. The quantitative estimate of drug-likeness (QED) is 0.195. The molecule has 0 amide bonds. The number of carbonyl (C=O) groups is 1. The summed E-state index contributed by atoms with van der Waals surface area (Å²) in [6.45, 7) is 4.22. The molecule has 2 aromatic carbocycles.